The molecular formula is C16H26O4. The van der Waals surface area contributed by atoms with Gasteiger partial charge in [0.2, 0.25) is 0 Å². The Labute approximate surface area is 121 Å². The molecule has 0 aromatic carbocycles. The van der Waals surface area contributed by atoms with Crippen molar-refractivity contribution in [1.29, 1.82) is 0 Å². The molecule has 1 saturated carbocycles. The normalized spacial score (nSPS) is 41.8. The first-order chi connectivity index (χ1) is 9.79. The molecule has 3 aliphatic rings. The summed E-state index contributed by atoms with van der Waals surface area (Å²) >= 11 is 0. The van der Waals surface area contributed by atoms with E-state index in [2.05, 4.69) is 0 Å². The molecule has 20 heavy (non-hydrogen) atoms. The maximum Gasteiger partial charge on any atom is 0.314 e. The first-order valence-electron chi connectivity index (χ1n) is 8.10. The first kappa shape index (κ1) is 14.3. The van der Waals surface area contributed by atoms with Crippen molar-refractivity contribution in [2.45, 2.75) is 63.6 Å². The maximum absolute atomic E-state index is 12.7. The summed E-state index contributed by atoms with van der Waals surface area (Å²) in [6, 6.07) is 0. The van der Waals surface area contributed by atoms with E-state index in [0.29, 0.717) is 0 Å². The summed E-state index contributed by atoms with van der Waals surface area (Å²) in [5, 5.41) is 0. The van der Waals surface area contributed by atoms with E-state index in [9.17, 15) is 4.79 Å². The van der Waals surface area contributed by atoms with Gasteiger partial charge in [-0.05, 0) is 38.5 Å². The average molecular weight is 282 g/mol. The van der Waals surface area contributed by atoms with Crippen molar-refractivity contribution in [3.8, 4) is 0 Å². The number of carbonyl (C=O) groups excluding carboxylic acids is 1. The second kappa shape index (κ2) is 6.02. The Morgan fingerprint density at radius 2 is 1.85 bits per heavy atom. The largest absolute Gasteiger partial charge is 0.469 e. The molecule has 2 heterocycles. The fraction of sp³-hybridized carbons (Fsp3) is 0.938. The van der Waals surface area contributed by atoms with Crippen LogP contribution in [0.5, 0.6) is 0 Å². The fourth-order valence-corrected chi connectivity index (χ4v) is 4.62. The van der Waals surface area contributed by atoms with Crippen molar-refractivity contribution in [3.05, 3.63) is 0 Å². The van der Waals surface area contributed by atoms with Crippen molar-refractivity contribution >= 4 is 5.97 Å². The molecule has 3 fully saturated rings. The Hall–Kier alpha value is -0.610. The summed E-state index contributed by atoms with van der Waals surface area (Å²) in [5.41, 5.74) is -0.460. The van der Waals surface area contributed by atoms with Crippen molar-refractivity contribution in [2.75, 3.05) is 20.3 Å². The molecule has 114 valence electrons. The van der Waals surface area contributed by atoms with Crippen molar-refractivity contribution in [2.24, 2.45) is 11.3 Å². The molecule has 4 atom stereocenters. The number of methoxy groups -OCH3 is 1. The SMILES string of the molecule is COC(=O)C1(C2CCCO2)CCCCC1C1CCCO1. The summed E-state index contributed by atoms with van der Waals surface area (Å²) in [5.74, 6) is 0.207. The molecule has 0 bridgehead atoms. The number of hydrogen-bond donors (Lipinski definition) is 0. The lowest BCUT2D eigenvalue weighted by Gasteiger charge is -2.47. The second-order valence-corrected chi connectivity index (χ2v) is 6.44. The average Bonchev–Trinajstić information content (AvgIpc) is 3.19. The van der Waals surface area contributed by atoms with Crippen LogP contribution in [0.15, 0.2) is 0 Å². The van der Waals surface area contributed by atoms with E-state index in [-0.39, 0.29) is 24.1 Å². The predicted octanol–water partition coefficient (Wildman–Crippen LogP) is 2.69. The highest BCUT2D eigenvalue weighted by atomic mass is 16.5. The Bertz CT molecular complexity index is 344. The minimum atomic E-state index is -0.460. The van der Waals surface area contributed by atoms with E-state index in [1.165, 1.54) is 13.5 Å². The van der Waals surface area contributed by atoms with E-state index in [1.807, 2.05) is 0 Å². The van der Waals surface area contributed by atoms with Gasteiger partial charge in [0, 0.05) is 19.1 Å². The standard InChI is InChI=1S/C16H26O4/c1-18-15(17)16(14-8-5-11-20-14)9-3-2-6-12(16)13-7-4-10-19-13/h12-14H,2-11H2,1H3. The van der Waals surface area contributed by atoms with Gasteiger partial charge in [-0.25, -0.2) is 0 Å². The number of esters is 1. The van der Waals surface area contributed by atoms with Gasteiger partial charge in [-0.3, -0.25) is 4.79 Å². The lowest BCUT2D eigenvalue weighted by Crippen LogP contribution is -2.54. The van der Waals surface area contributed by atoms with Gasteiger partial charge in [0.1, 0.15) is 0 Å². The molecule has 4 nitrogen and oxygen atoms in total. The van der Waals surface area contributed by atoms with Crippen LogP contribution in [0.25, 0.3) is 0 Å². The summed E-state index contributed by atoms with van der Waals surface area (Å²) in [7, 11) is 1.51. The van der Waals surface area contributed by atoms with Crippen molar-refractivity contribution in [3.63, 3.8) is 0 Å². The Morgan fingerprint density at radius 1 is 1.05 bits per heavy atom. The lowest BCUT2D eigenvalue weighted by molar-refractivity contribution is -0.179. The molecule has 4 heteroatoms. The van der Waals surface area contributed by atoms with Gasteiger partial charge in [0.05, 0.1) is 24.7 Å². The topological polar surface area (TPSA) is 44.8 Å². The molecule has 4 unspecified atom stereocenters. The van der Waals surface area contributed by atoms with E-state index < -0.39 is 5.41 Å². The number of carbonyl (C=O) groups is 1. The van der Waals surface area contributed by atoms with Gasteiger partial charge >= 0.3 is 5.97 Å². The third-order valence-corrected chi connectivity index (χ3v) is 5.50. The Balaban J connectivity index is 1.92. The quantitative estimate of drug-likeness (QED) is 0.747. The van der Waals surface area contributed by atoms with Crippen LogP contribution >= 0.6 is 0 Å². The number of ether oxygens (including phenoxy) is 3. The highest BCUT2D eigenvalue weighted by molar-refractivity contribution is 5.78. The van der Waals surface area contributed by atoms with Gasteiger partial charge < -0.3 is 14.2 Å². The zero-order chi connectivity index (χ0) is 14.0. The minimum absolute atomic E-state index is 0.0319. The molecule has 0 amide bonds. The molecule has 0 radical (unpaired) electrons. The maximum atomic E-state index is 12.7. The number of rotatable bonds is 3. The lowest BCUT2D eigenvalue weighted by atomic mass is 9.60. The molecule has 2 saturated heterocycles. The molecule has 0 aromatic rings. The third-order valence-electron chi connectivity index (χ3n) is 5.50. The van der Waals surface area contributed by atoms with Crippen LogP contribution in [0.4, 0.5) is 0 Å². The summed E-state index contributed by atoms with van der Waals surface area (Å²) in [6.07, 6.45) is 8.74. The summed E-state index contributed by atoms with van der Waals surface area (Å²) < 4.78 is 17.1. The van der Waals surface area contributed by atoms with E-state index in [1.54, 1.807) is 0 Å². The van der Waals surface area contributed by atoms with Crippen LogP contribution in [-0.4, -0.2) is 38.5 Å². The van der Waals surface area contributed by atoms with Gasteiger partial charge in [-0.2, -0.15) is 0 Å². The molecule has 0 spiro atoms. The van der Waals surface area contributed by atoms with Gasteiger partial charge in [-0.15, -0.1) is 0 Å². The van der Waals surface area contributed by atoms with Crippen LogP contribution in [0.3, 0.4) is 0 Å². The van der Waals surface area contributed by atoms with Crippen LogP contribution in [0.2, 0.25) is 0 Å². The monoisotopic (exact) mass is 282 g/mol. The van der Waals surface area contributed by atoms with Gasteiger partial charge in [-0.1, -0.05) is 12.8 Å². The third kappa shape index (κ3) is 2.27. The van der Waals surface area contributed by atoms with Crippen molar-refractivity contribution < 1.29 is 19.0 Å². The molecule has 0 N–H and O–H groups in total. The molecule has 2 aliphatic heterocycles. The highest BCUT2D eigenvalue weighted by Gasteiger charge is 2.57. The van der Waals surface area contributed by atoms with Crippen LogP contribution in [0.1, 0.15) is 51.4 Å². The second-order valence-electron chi connectivity index (χ2n) is 6.44. The Morgan fingerprint density at radius 3 is 2.50 bits per heavy atom. The smallest absolute Gasteiger partial charge is 0.314 e. The number of hydrogen-bond acceptors (Lipinski definition) is 4. The summed E-state index contributed by atoms with van der Waals surface area (Å²) in [6.45, 7) is 1.62. The van der Waals surface area contributed by atoms with Crippen molar-refractivity contribution in [1.82, 2.24) is 0 Å². The molecule has 3 rings (SSSR count). The zero-order valence-corrected chi connectivity index (χ0v) is 12.4. The molecule has 0 aromatic heterocycles. The summed E-state index contributed by atoms with van der Waals surface area (Å²) in [4.78, 5) is 12.7. The van der Waals surface area contributed by atoms with Gasteiger partial charge in [0.15, 0.2) is 0 Å². The molecule has 1 aliphatic carbocycles. The van der Waals surface area contributed by atoms with Crippen LogP contribution < -0.4 is 0 Å². The van der Waals surface area contributed by atoms with Crippen LogP contribution in [-0.2, 0) is 19.0 Å². The minimum Gasteiger partial charge on any atom is -0.469 e. The zero-order valence-electron chi connectivity index (χ0n) is 12.4. The van der Waals surface area contributed by atoms with E-state index in [4.69, 9.17) is 14.2 Å². The predicted molar refractivity (Wildman–Crippen MR) is 74.4 cm³/mol. The first-order valence-corrected chi connectivity index (χ1v) is 8.10. The van der Waals surface area contributed by atoms with Crippen LogP contribution in [0, 0.1) is 11.3 Å². The Kier molecular flexibility index (Phi) is 4.32. The highest BCUT2D eigenvalue weighted by Crippen LogP contribution is 2.51. The van der Waals surface area contributed by atoms with E-state index >= 15 is 0 Å². The molecular weight excluding hydrogens is 256 g/mol. The fourth-order valence-electron chi connectivity index (χ4n) is 4.62. The van der Waals surface area contributed by atoms with E-state index in [0.717, 1.165) is 58.2 Å². The van der Waals surface area contributed by atoms with Gasteiger partial charge in [0.25, 0.3) is 0 Å².